The molecule has 7 heteroatoms. The largest absolute Gasteiger partial charge is 0.357 e. The predicted molar refractivity (Wildman–Crippen MR) is 131 cm³/mol. The fourth-order valence-corrected chi connectivity index (χ4v) is 4.79. The average molecular weight is 438 g/mol. The van der Waals surface area contributed by atoms with Crippen LogP contribution in [0.5, 0.6) is 0 Å². The number of hydrogen-bond donors (Lipinski definition) is 1. The summed E-state index contributed by atoms with van der Waals surface area (Å²) in [7, 11) is 1.99. The lowest BCUT2D eigenvalue weighted by atomic mass is 10.0. The van der Waals surface area contributed by atoms with Gasteiger partial charge in [-0.1, -0.05) is 30.3 Å². The maximum absolute atomic E-state index is 4.96. The van der Waals surface area contributed by atoms with Crippen LogP contribution >= 0.6 is 0 Å². The highest BCUT2D eigenvalue weighted by molar-refractivity contribution is 5.80. The molecule has 0 spiro atoms. The van der Waals surface area contributed by atoms with E-state index in [1.54, 1.807) is 0 Å². The Kier molecular flexibility index (Phi) is 8.18. The van der Waals surface area contributed by atoms with Crippen LogP contribution in [-0.2, 0) is 13.6 Å². The number of hydrogen-bond acceptors (Lipinski definition) is 4. The Morgan fingerprint density at radius 2 is 1.88 bits per heavy atom. The molecule has 2 aromatic rings. The van der Waals surface area contributed by atoms with Gasteiger partial charge in [0.05, 0.1) is 6.20 Å². The van der Waals surface area contributed by atoms with E-state index < -0.39 is 0 Å². The number of likely N-dealkylation sites (tertiary alicyclic amines) is 1. The molecule has 0 saturated carbocycles. The van der Waals surface area contributed by atoms with Gasteiger partial charge in [-0.05, 0) is 30.9 Å². The van der Waals surface area contributed by atoms with Crippen molar-refractivity contribution in [1.29, 1.82) is 0 Å². The van der Waals surface area contributed by atoms with E-state index in [0.717, 1.165) is 77.8 Å². The van der Waals surface area contributed by atoms with E-state index in [1.807, 2.05) is 17.9 Å². The van der Waals surface area contributed by atoms with Gasteiger partial charge in [0.1, 0.15) is 0 Å². The third kappa shape index (κ3) is 6.33. The van der Waals surface area contributed by atoms with Gasteiger partial charge < -0.3 is 15.1 Å². The fraction of sp³-hybridized carbons (Fsp3) is 0.600. The number of nitrogens with one attached hydrogen (secondary N) is 1. The molecule has 174 valence electrons. The Morgan fingerprint density at radius 1 is 1.09 bits per heavy atom. The molecule has 1 atom stereocenters. The van der Waals surface area contributed by atoms with Gasteiger partial charge in [-0.25, -0.2) is 0 Å². The van der Waals surface area contributed by atoms with E-state index >= 15 is 0 Å². The molecule has 7 nitrogen and oxygen atoms in total. The number of aromatic nitrogens is 2. The SMILES string of the molecule is CCNC(=NCCCN1CCN(Cc2ccccc2)CC1)N1CCC(c2cnn(C)c2)C1. The molecule has 2 saturated heterocycles. The quantitative estimate of drug-likeness (QED) is 0.390. The molecule has 1 unspecified atom stereocenters. The maximum atomic E-state index is 4.96. The lowest BCUT2D eigenvalue weighted by molar-refractivity contribution is 0.127. The summed E-state index contributed by atoms with van der Waals surface area (Å²) in [4.78, 5) is 12.5. The third-order valence-electron chi connectivity index (χ3n) is 6.63. The van der Waals surface area contributed by atoms with E-state index in [1.165, 1.54) is 17.5 Å². The second-order valence-electron chi connectivity index (χ2n) is 9.07. The minimum atomic E-state index is 0.555. The van der Waals surface area contributed by atoms with Crippen molar-refractivity contribution in [3.8, 4) is 0 Å². The van der Waals surface area contributed by atoms with Gasteiger partial charge in [-0.15, -0.1) is 0 Å². The molecule has 4 rings (SSSR count). The van der Waals surface area contributed by atoms with Crippen molar-refractivity contribution in [3.63, 3.8) is 0 Å². The summed E-state index contributed by atoms with van der Waals surface area (Å²) in [6.45, 7) is 12.9. The summed E-state index contributed by atoms with van der Waals surface area (Å²) in [5, 5.41) is 7.85. The Labute approximate surface area is 193 Å². The number of piperazine rings is 1. The summed E-state index contributed by atoms with van der Waals surface area (Å²) in [5.41, 5.74) is 2.76. The number of benzene rings is 1. The molecule has 2 aliphatic heterocycles. The molecule has 3 heterocycles. The molecule has 2 aliphatic rings. The molecule has 32 heavy (non-hydrogen) atoms. The van der Waals surface area contributed by atoms with E-state index in [-0.39, 0.29) is 0 Å². The molecule has 1 aromatic heterocycles. The molecule has 1 N–H and O–H groups in total. The second-order valence-corrected chi connectivity index (χ2v) is 9.07. The van der Waals surface area contributed by atoms with Crippen LogP contribution in [0.25, 0.3) is 0 Å². The maximum Gasteiger partial charge on any atom is 0.193 e. The molecule has 2 fully saturated rings. The monoisotopic (exact) mass is 437 g/mol. The first-order valence-corrected chi connectivity index (χ1v) is 12.2. The summed E-state index contributed by atoms with van der Waals surface area (Å²) < 4.78 is 1.90. The van der Waals surface area contributed by atoms with Crippen molar-refractivity contribution in [2.45, 2.75) is 32.2 Å². The van der Waals surface area contributed by atoms with Crippen LogP contribution in [0.3, 0.4) is 0 Å². The molecule has 1 aromatic carbocycles. The minimum absolute atomic E-state index is 0.555. The second kappa shape index (κ2) is 11.5. The highest BCUT2D eigenvalue weighted by Crippen LogP contribution is 2.26. The van der Waals surface area contributed by atoms with E-state index in [9.17, 15) is 0 Å². The highest BCUT2D eigenvalue weighted by Gasteiger charge is 2.26. The average Bonchev–Trinajstić information content (AvgIpc) is 3.47. The zero-order valence-corrected chi connectivity index (χ0v) is 19.8. The lowest BCUT2D eigenvalue weighted by Gasteiger charge is -2.34. The smallest absolute Gasteiger partial charge is 0.193 e. The number of aliphatic imine (C=N–C) groups is 1. The first-order chi connectivity index (χ1) is 15.7. The summed E-state index contributed by atoms with van der Waals surface area (Å²) in [5.74, 6) is 1.63. The minimum Gasteiger partial charge on any atom is -0.357 e. The van der Waals surface area contributed by atoms with Crippen molar-refractivity contribution >= 4 is 5.96 Å². The first-order valence-electron chi connectivity index (χ1n) is 12.2. The van der Waals surface area contributed by atoms with Crippen molar-refractivity contribution in [1.82, 2.24) is 29.8 Å². The van der Waals surface area contributed by atoms with Crippen LogP contribution in [0, 0.1) is 0 Å². The van der Waals surface area contributed by atoms with E-state index in [4.69, 9.17) is 4.99 Å². The summed E-state index contributed by atoms with van der Waals surface area (Å²) >= 11 is 0. The third-order valence-corrected chi connectivity index (χ3v) is 6.63. The Hall–Kier alpha value is -2.38. The Balaban J connectivity index is 1.18. The zero-order chi connectivity index (χ0) is 22.2. The van der Waals surface area contributed by atoms with Crippen molar-refractivity contribution in [2.24, 2.45) is 12.0 Å². The number of aryl methyl sites for hydroxylation is 1. The fourth-order valence-electron chi connectivity index (χ4n) is 4.79. The molecule has 0 radical (unpaired) electrons. The number of guanidine groups is 1. The highest BCUT2D eigenvalue weighted by atomic mass is 15.3. The van der Waals surface area contributed by atoms with E-state index in [2.05, 4.69) is 68.6 Å². The lowest BCUT2D eigenvalue weighted by Crippen LogP contribution is -2.46. The van der Waals surface area contributed by atoms with Crippen LogP contribution in [0.2, 0.25) is 0 Å². The summed E-state index contributed by atoms with van der Waals surface area (Å²) in [6, 6.07) is 10.8. The molecule has 0 bridgehead atoms. The first kappa shape index (κ1) is 22.8. The molecular weight excluding hydrogens is 398 g/mol. The van der Waals surface area contributed by atoms with Crippen LogP contribution in [0.15, 0.2) is 47.7 Å². The predicted octanol–water partition coefficient (Wildman–Crippen LogP) is 2.38. The standard InChI is InChI=1S/C25H39N7/c1-3-26-25(32-13-10-23(21-32)24-18-28-29(2)20-24)27-11-7-12-30-14-16-31(17-15-30)19-22-8-5-4-6-9-22/h4-6,8-9,18,20,23H,3,7,10-17,19,21H2,1-2H3,(H,26,27). The topological polar surface area (TPSA) is 51.9 Å². The van der Waals surface area contributed by atoms with E-state index in [0.29, 0.717) is 5.92 Å². The van der Waals surface area contributed by atoms with Crippen molar-refractivity contribution in [2.75, 3.05) is 58.9 Å². The van der Waals surface area contributed by atoms with Crippen LogP contribution in [0.4, 0.5) is 0 Å². The zero-order valence-electron chi connectivity index (χ0n) is 19.8. The van der Waals surface area contributed by atoms with Gasteiger partial charge in [0.15, 0.2) is 5.96 Å². The molecule has 0 amide bonds. The molecular formula is C25H39N7. The Morgan fingerprint density at radius 3 is 2.59 bits per heavy atom. The van der Waals surface area contributed by atoms with Crippen LogP contribution in [-0.4, -0.2) is 89.3 Å². The van der Waals surface area contributed by atoms with Gasteiger partial charge >= 0.3 is 0 Å². The van der Waals surface area contributed by atoms with Gasteiger partial charge in [0.25, 0.3) is 0 Å². The van der Waals surface area contributed by atoms with Gasteiger partial charge in [0, 0.05) is 84.6 Å². The normalized spacial score (nSPS) is 20.8. The van der Waals surface area contributed by atoms with Gasteiger partial charge in [-0.2, -0.15) is 5.10 Å². The van der Waals surface area contributed by atoms with Crippen LogP contribution < -0.4 is 5.32 Å². The van der Waals surface area contributed by atoms with Crippen molar-refractivity contribution < 1.29 is 0 Å². The molecule has 0 aliphatic carbocycles. The number of rotatable bonds is 8. The summed E-state index contributed by atoms with van der Waals surface area (Å²) in [6.07, 6.45) is 6.45. The van der Waals surface area contributed by atoms with Gasteiger partial charge in [-0.3, -0.25) is 14.6 Å². The van der Waals surface area contributed by atoms with Crippen LogP contribution in [0.1, 0.15) is 36.8 Å². The van der Waals surface area contributed by atoms with Crippen molar-refractivity contribution in [3.05, 3.63) is 53.9 Å². The Bertz CT molecular complexity index is 839. The number of nitrogens with zero attached hydrogens (tertiary/aromatic N) is 6. The van der Waals surface area contributed by atoms with Gasteiger partial charge in [0.2, 0.25) is 0 Å².